The number of carbonyl (C=O) groups excluding carboxylic acids is 1. The number of rotatable bonds is 3. The highest BCUT2D eigenvalue weighted by molar-refractivity contribution is 5.94. The van der Waals surface area contributed by atoms with Crippen molar-refractivity contribution in [1.82, 2.24) is 20.4 Å². The number of aromatic nitrogens is 2. The number of likely N-dealkylation sites (tertiary alicyclic amines) is 1. The SMILES string of the molecule is CC1N([C@H](c2nnco2)[C@@H](C)O)C(=O)C12CCCN2. The van der Waals surface area contributed by atoms with Gasteiger partial charge in [0, 0.05) is 0 Å². The first-order valence-corrected chi connectivity index (χ1v) is 6.60. The Labute approximate surface area is 111 Å². The molecular formula is C12H18N4O3. The van der Waals surface area contributed by atoms with Crippen LogP contribution < -0.4 is 5.32 Å². The Morgan fingerprint density at radius 1 is 1.68 bits per heavy atom. The largest absolute Gasteiger partial charge is 0.426 e. The van der Waals surface area contributed by atoms with E-state index in [1.165, 1.54) is 6.39 Å². The van der Waals surface area contributed by atoms with Gasteiger partial charge in [0.05, 0.1) is 12.1 Å². The molecule has 1 aromatic heterocycles. The number of aliphatic hydroxyl groups is 1. The molecule has 2 unspecified atom stereocenters. The minimum atomic E-state index is -0.759. The van der Waals surface area contributed by atoms with Crippen LogP contribution in [0.1, 0.15) is 38.6 Å². The third-order valence-electron chi connectivity index (χ3n) is 4.32. The minimum absolute atomic E-state index is 0.00833. The van der Waals surface area contributed by atoms with E-state index >= 15 is 0 Å². The number of carbonyl (C=O) groups is 1. The zero-order valence-corrected chi connectivity index (χ0v) is 11.0. The zero-order chi connectivity index (χ0) is 13.6. The lowest BCUT2D eigenvalue weighted by Gasteiger charge is -2.55. The number of hydrogen-bond donors (Lipinski definition) is 2. The van der Waals surface area contributed by atoms with Gasteiger partial charge in [-0.05, 0) is 33.2 Å². The van der Waals surface area contributed by atoms with Crippen LogP contribution in [0.4, 0.5) is 0 Å². The molecule has 3 heterocycles. The Kier molecular flexibility index (Phi) is 2.83. The van der Waals surface area contributed by atoms with Crippen LogP contribution in [0.2, 0.25) is 0 Å². The average Bonchev–Trinajstić information content (AvgIpc) is 3.06. The van der Waals surface area contributed by atoms with E-state index < -0.39 is 17.7 Å². The van der Waals surface area contributed by atoms with E-state index in [-0.39, 0.29) is 17.8 Å². The van der Waals surface area contributed by atoms with Gasteiger partial charge in [-0.15, -0.1) is 10.2 Å². The number of β-lactam (4-membered cyclic amide) rings is 1. The maximum absolute atomic E-state index is 12.5. The molecular weight excluding hydrogens is 248 g/mol. The van der Waals surface area contributed by atoms with Crippen LogP contribution >= 0.6 is 0 Å². The molecule has 0 bridgehead atoms. The fraction of sp³-hybridized carbons (Fsp3) is 0.750. The van der Waals surface area contributed by atoms with Gasteiger partial charge in [0.25, 0.3) is 0 Å². The predicted octanol–water partition coefficient (Wildman–Crippen LogP) is -0.156. The monoisotopic (exact) mass is 266 g/mol. The molecule has 7 nitrogen and oxygen atoms in total. The molecule has 0 aromatic carbocycles. The van der Waals surface area contributed by atoms with Crippen molar-refractivity contribution >= 4 is 5.91 Å². The molecule has 104 valence electrons. The zero-order valence-electron chi connectivity index (χ0n) is 11.0. The molecule has 7 heteroatoms. The summed E-state index contributed by atoms with van der Waals surface area (Å²) in [5, 5.41) is 20.7. The summed E-state index contributed by atoms with van der Waals surface area (Å²) in [4.78, 5) is 14.1. The van der Waals surface area contributed by atoms with Gasteiger partial charge in [-0.1, -0.05) is 0 Å². The third-order valence-corrected chi connectivity index (χ3v) is 4.32. The molecule has 2 saturated heterocycles. The van der Waals surface area contributed by atoms with E-state index in [1.54, 1.807) is 11.8 Å². The smallest absolute Gasteiger partial charge is 0.246 e. The molecule has 0 radical (unpaired) electrons. The second kappa shape index (κ2) is 4.28. The molecule has 0 saturated carbocycles. The maximum atomic E-state index is 12.5. The van der Waals surface area contributed by atoms with Gasteiger partial charge < -0.3 is 19.7 Å². The lowest BCUT2D eigenvalue weighted by atomic mass is 9.77. The molecule has 0 aliphatic carbocycles. The van der Waals surface area contributed by atoms with E-state index in [0.29, 0.717) is 0 Å². The Morgan fingerprint density at radius 2 is 2.47 bits per heavy atom. The molecule has 1 spiro atoms. The first-order valence-electron chi connectivity index (χ1n) is 6.60. The molecule has 2 fully saturated rings. The summed E-state index contributed by atoms with van der Waals surface area (Å²) in [6.45, 7) is 4.48. The first kappa shape index (κ1) is 12.6. The lowest BCUT2D eigenvalue weighted by molar-refractivity contribution is -0.171. The van der Waals surface area contributed by atoms with Gasteiger partial charge in [-0.3, -0.25) is 4.79 Å². The van der Waals surface area contributed by atoms with E-state index in [9.17, 15) is 9.90 Å². The third kappa shape index (κ3) is 1.61. The highest BCUT2D eigenvalue weighted by atomic mass is 16.4. The second-order valence-corrected chi connectivity index (χ2v) is 5.35. The Hall–Kier alpha value is -1.47. The molecule has 2 aliphatic rings. The quantitative estimate of drug-likeness (QED) is 0.739. The van der Waals surface area contributed by atoms with Crippen molar-refractivity contribution in [2.24, 2.45) is 0 Å². The van der Waals surface area contributed by atoms with Crippen LogP contribution in [0.15, 0.2) is 10.8 Å². The first-order chi connectivity index (χ1) is 9.08. The van der Waals surface area contributed by atoms with Crippen molar-refractivity contribution in [3.8, 4) is 0 Å². The number of nitrogens with zero attached hydrogens (tertiary/aromatic N) is 3. The standard InChI is InChI=1S/C12H18N4O3/c1-7(17)9(10-15-14-6-19-10)16-8(2)12(11(16)18)4-3-5-13-12/h6-9,13,17H,3-5H2,1-2H3/t7-,8?,9+,12?/m1/s1. The van der Waals surface area contributed by atoms with Gasteiger partial charge >= 0.3 is 0 Å². The van der Waals surface area contributed by atoms with Crippen molar-refractivity contribution in [2.45, 2.75) is 50.4 Å². The van der Waals surface area contributed by atoms with Crippen LogP contribution in [0, 0.1) is 0 Å². The summed E-state index contributed by atoms with van der Waals surface area (Å²) in [5.41, 5.74) is -0.451. The predicted molar refractivity (Wildman–Crippen MR) is 65.0 cm³/mol. The highest BCUT2D eigenvalue weighted by Gasteiger charge is 2.62. The van der Waals surface area contributed by atoms with Crippen molar-refractivity contribution < 1.29 is 14.3 Å². The summed E-state index contributed by atoms with van der Waals surface area (Å²) in [5.74, 6) is 0.296. The van der Waals surface area contributed by atoms with Gasteiger partial charge in [-0.2, -0.15) is 0 Å². The normalized spacial score (nSPS) is 33.5. The van der Waals surface area contributed by atoms with Crippen molar-refractivity contribution in [3.05, 3.63) is 12.3 Å². The number of hydrogen-bond acceptors (Lipinski definition) is 6. The average molecular weight is 266 g/mol. The topological polar surface area (TPSA) is 91.5 Å². The maximum Gasteiger partial charge on any atom is 0.246 e. The van der Waals surface area contributed by atoms with Crippen LogP contribution in [-0.2, 0) is 4.79 Å². The summed E-state index contributed by atoms with van der Waals surface area (Å²) in [7, 11) is 0. The van der Waals surface area contributed by atoms with Gasteiger partial charge in [-0.25, -0.2) is 0 Å². The molecule has 1 aromatic rings. The Balaban J connectivity index is 1.88. The lowest BCUT2D eigenvalue weighted by Crippen LogP contribution is -2.77. The van der Waals surface area contributed by atoms with Crippen molar-refractivity contribution in [3.63, 3.8) is 0 Å². The summed E-state index contributed by atoms with van der Waals surface area (Å²) in [6.07, 6.45) is 2.30. The van der Waals surface area contributed by atoms with Gasteiger partial charge in [0.2, 0.25) is 18.2 Å². The van der Waals surface area contributed by atoms with Gasteiger partial charge in [0.15, 0.2) is 0 Å². The van der Waals surface area contributed by atoms with E-state index in [1.807, 2.05) is 6.92 Å². The molecule has 4 atom stereocenters. The number of nitrogens with one attached hydrogen (secondary N) is 1. The molecule has 2 N–H and O–H groups in total. The van der Waals surface area contributed by atoms with Crippen LogP contribution in [0.25, 0.3) is 0 Å². The summed E-state index contributed by atoms with van der Waals surface area (Å²) in [6, 6.07) is -0.563. The van der Waals surface area contributed by atoms with Crippen LogP contribution in [0.5, 0.6) is 0 Å². The second-order valence-electron chi connectivity index (χ2n) is 5.35. The fourth-order valence-corrected chi connectivity index (χ4v) is 3.30. The van der Waals surface area contributed by atoms with Crippen LogP contribution in [-0.4, -0.2) is 50.3 Å². The van der Waals surface area contributed by atoms with E-state index in [4.69, 9.17) is 4.42 Å². The van der Waals surface area contributed by atoms with Crippen LogP contribution in [0.3, 0.4) is 0 Å². The highest BCUT2D eigenvalue weighted by Crippen LogP contribution is 2.43. The van der Waals surface area contributed by atoms with Gasteiger partial charge in [0.1, 0.15) is 11.6 Å². The molecule has 1 amide bonds. The summed E-state index contributed by atoms with van der Waals surface area (Å²) < 4.78 is 5.17. The molecule has 2 aliphatic heterocycles. The van der Waals surface area contributed by atoms with Crippen molar-refractivity contribution in [1.29, 1.82) is 0 Å². The van der Waals surface area contributed by atoms with Crippen molar-refractivity contribution in [2.75, 3.05) is 6.54 Å². The van der Waals surface area contributed by atoms with E-state index in [2.05, 4.69) is 15.5 Å². The van der Waals surface area contributed by atoms with E-state index in [0.717, 1.165) is 19.4 Å². The Bertz CT molecular complexity index is 467. The molecule has 19 heavy (non-hydrogen) atoms. The number of amides is 1. The molecule has 3 rings (SSSR count). The fourth-order valence-electron chi connectivity index (χ4n) is 3.30. The minimum Gasteiger partial charge on any atom is -0.426 e. The Morgan fingerprint density at radius 3 is 2.95 bits per heavy atom. The number of aliphatic hydroxyl groups excluding tert-OH is 1. The summed E-state index contributed by atoms with van der Waals surface area (Å²) >= 11 is 0.